The summed E-state index contributed by atoms with van der Waals surface area (Å²) < 4.78 is 0. The van der Waals surface area contributed by atoms with Gasteiger partial charge in [-0.25, -0.2) is 0 Å². The lowest BCUT2D eigenvalue weighted by molar-refractivity contribution is 0.112. The van der Waals surface area contributed by atoms with Crippen molar-refractivity contribution in [2.75, 3.05) is 0 Å². The Morgan fingerprint density at radius 2 is 2.08 bits per heavy atom. The van der Waals surface area contributed by atoms with Crippen LogP contribution in [0.25, 0.3) is 0 Å². The summed E-state index contributed by atoms with van der Waals surface area (Å²) in [7, 11) is 0. The lowest BCUT2D eigenvalue weighted by Crippen LogP contribution is -1.94. The predicted molar refractivity (Wildman–Crippen MR) is 46.0 cm³/mol. The number of carbonyl (C=O) groups excluding carboxylic acids is 1. The number of aldehydes is 1. The molecule has 0 aliphatic rings. The largest absolute Gasteiger partial charge is 0.298 e. The van der Waals surface area contributed by atoms with E-state index in [1.807, 2.05) is 0 Å². The standard InChI is InChI=1S/C9H9NO2/c1-7(10-12)9-5-3-2-4-8(9)6-11/h2-7H,1H3. The van der Waals surface area contributed by atoms with Crippen LogP contribution < -0.4 is 0 Å². The second-order valence-corrected chi connectivity index (χ2v) is 2.53. The maximum absolute atomic E-state index is 10.5. The maximum Gasteiger partial charge on any atom is 0.150 e. The molecule has 0 aromatic heterocycles. The molecule has 62 valence electrons. The fourth-order valence-electron chi connectivity index (χ4n) is 1.06. The number of hydrogen-bond acceptors (Lipinski definition) is 3. The molecule has 1 atom stereocenters. The number of rotatable bonds is 3. The number of hydrogen-bond donors (Lipinski definition) is 0. The Bertz CT molecular complexity index is 296. The van der Waals surface area contributed by atoms with E-state index in [4.69, 9.17) is 0 Å². The first-order valence-corrected chi connectivity index (χ1v) is 3.66. The minimum Gasteiger partial charge on any atom is -0.298 e. The SMILES string of the molecule is CC(N=O)c1ccccc1C=O. The molecule has 0 heterocycles. The molecular weight excluding hydrogens is 154 g/mol. The monoisotopic (exact) mass is 163 g/mol. The molecule has 0 amide bonds. The normalized spacial score (nSPS) is 12.1. The van der Waals surface area contributed by atoms with E-state index >= 15 is 0 Å². The van der Waals surface area contributed by atoms with Gasteiger partial charge >= 0.3 is 0 Å². The maximum atomic E-state index is 10.5. The van der Waals surface area contributed by atoms with E-state index in [-0.39, 0.29) is 0 Å². The zero-order valence-corrected chi connectivity index (χ0v) is 6.73. The van der Waals surface area contributed by atoms with Gasteiger partial charge in [-0.1, -0.05) is 29.4 Å². The summed E-state index contributed by atoms with van der Waals surface area (Å²) in [6.45, 7) is 1.66. The summed E-state index contributed by atoms with van der Waals surface area (Å²) in [6.07, 6.45) is 0.733. The van der Waals surface area contributed by atoms with E-state index in [0.29, 0.717) is 11.1 Å². The molecule has 0 aliphatic heterocycles. The van der Waals surface area contributed by atoms with Gasteiger partial charge in [0.05, 0.1) is 0 Å². The van der Waals surface area contributed by atoms with E-state index in [1.54, 1.807) is 31.2 Å². The molecule has 3 nitrogen and oxygen atoms in total. The Balaban J connectivity index is 3.12. The van der Waals surface area contributed by atoms with Gasteiger partial charge in [-0.3, -0.25) is 4.79 Å². The van der Waals surface area contributed by atoms with Gasteiger partial charge in [-0.05, 0) is 12.5 Å². The average molecular weight is 163 g/mol. The summed E-state index contributed by atoms with van der Waals surface area (Å²) in [5, 5.41) is 2.86. The summed E-state index contributed by atoms with van der Waals surface area (Å²) in [5.41, 5.74) is 1.21. The van der Waals surface area contributed by atoms with E-state index in [1.165, 1.54) is 0 Å². The van der Waals surface area contributed by atoms with Crippen LogP contribution in [0.2, 0.25) is 0 Å². The molecule has 0 fully saturated rings. The van der Waals surface area contributed by atoms with Crippen LogP contribution in [0.5, 0.6) is 0 Å². The van der Waals surface area contributed by atoms with Gasteiger partial charge in [0.15, 0.2) is 0 Å². The molecule has 1 aromatic rings. The Morgan fingerprint density at radius 1 is 1.42 bits per heavy atom. The summed E-state index contributed by atoms with van der Waals surface area (Å²) in [4.78, 5) is 20.7. The molecule has 1 aromatic carbocycles. The fraction of sp³-hybridized carbons (Fsp3) is 0.222. The Hall–Kier alpha value is -1.51. The lowest BCUT2D eigenvalue weighted by Gasteiger charge is -2.04. The Morgan fingerprint density at radius 3 is 2.67 bits per heavy atom. The third kappa shape index (κ3) is 1.56. The highest BCUT2D eigenvalue weighted by Crippen LogP contribution is 2.18. The Labute approximate surface area is 70.4 Å². The smallest absolute Gasteiger partial charge is 0.150 e. The van der Waals surface area contributed by atoms with Crippen LogP contribution in [0, 0.1) is 4.91 Å². The average Bonchev–Trinajstić information content (AvgIpc) is 2.16. The van der Waals surface area contributed by atoms with Crippen LogP contribution in [0.1, 0.15) is 28.9 Å². The molecule has 1 unspecified atom stereocenters. The van der Waals surface area contributed by atoms with Gasteiger partial charge in [-0.15, -0.1) is 0 Å². The van der Waals surface area contributed by atoms with Crippen molar-refractivity contribution >= 4 is 6.29 Å². The van der Waals surface area contributed by atoms with Gasteiger partial charge < -0.3 is 0 Å². The molecule has 0 aliphatic carbocycles. The highest BCUT2D eigenvalue weighted by Gasteiger charge is 2.08. The second-order valence-electron chi connectivity index (χ2n) is 2.53. The van der Waals surface area contributed by atoms with E-state index < -0.39 is 6.04 Å². The lowest BCUT2D eigenvalue weighted by atomic mass is 10.0. The van der Waals surface area contributed by atoms with Gasteiger partial charge in [0, 0.05) is 5.56 Å². The van der Waals surface area contributed by atoms with E-state index in [0.717, 1.165) is 6.29 Å². The molecule has 0 saturated heterocycles. The fourth-order valence-corrected chi connectivity index (χ4v) is 1.06. The van der Waals surface area contributed by atoms with Gasteiger partial charge in [0.2, 0.25) is 0 Å². The number of nitrogens with zero attached hydrogens (tertiary/aromatic N) is 1. The van der Waals surface area contributed by atoms with Crippen molar-refractivity contribution < 1.29 is 4.79 Å². The molecule has 0 saturated carbocycles. The molecule has 0 radical (unpaired) electrons. The minimum absolute atomic E-state index is 0.452. The molecule has 0 bridgehead atoms. The number of carbonyl (C=O) groups is 1. The Kier molecular flexibility index (Phi) is 2.69. The predicted octanol–water partition coefficient (Wildman–Crippen LogP) is 2.33. The van der Waals surface area contributed by atoms with Crippen molar-refractivity contribution in [2.45, 2.75) is 13.0 Å². The van der Waals surface area contributed by atoms with Gasteiger partial charge in [0.25, 0.3) is 0 Å². The second kappa shape index (κ2) is 3.76. The molecule has 1 rings (SSSR count). The molecule has 12 heavy (non-hydrogen) atoms. The molecular formula is C9H9NO2. The zero-order chi connectivity index (χ0) is 8.97. The zero-order valence-electron chi connectivity index (χ0n) is 6.73. The van der Waals surface area contributed by atoms with Crippen molar-refractivity contribution in [3.05, 3.63) is 40.3 Å². The van der Waals surface area contributed by atoms with Crippen molar-refractivity contribution in [1.29, 1.82) is 0 Å². The van der Waals surface area contributed by atoms with Crippen molar-refractivity contribution in [3.63, 3.8) is 0 Å². The first-order valence-electron chi connectivity index (χ1n) is 3.66. The van der Waals surface area contributed by atoms with Crippen LogP contribution in [-0.4, -0.2) is 6.29 Å². The molecule has 0 N–H and O–H groups in total. The first kappa shape index (κ1) is 8.59. The van der Waals surface area contributed by atoms with Crippen LogP contribution in [0.3, 0.4) is 0 Å². The first-order chi connectivity index (χ1) is 5.79. The third-order valence-electron chi connectivity index (χ3n) is 1.73. The molecule has 0 spiro atoms. The highest BCUT2D eigenvalue weighted by molar-refractivity contribution is 5.77. The van der Waals surface area contributed by atoms with Crippen molar-refractivity contribution in [3.8, 4) is 0 Å². The van der Waals surface area contributed by atoms with Crippen LogP contribution in [-0.2, 0) is 0 Å². The topological polar surface area (TPSA) is 46.5 Å². The van der Waals surface area contributed by atoms with Crippen LogP contribution >= 0.6 is 0 Å². The van der Waals surface area contributed by atoms with Crippen molar-refractivity contribution in [2.24, 2.45) is 5.18 Å². The quantitative estimate of drug-likeness (QED) is 0.507. The summed E-state index contributed by atoms with van der Waals surface area (Å²) in [5.74, 6) is 0. The van der Waals surface area contributed by atoms with Gasteiger partial charge in [0.1, 0.15) is 12.3 Å². The molecule has 3 heteroatoms. The summed E-state index contributed by atoms with van der Waals surface area (Å²) >= 11 is 0. The van der Waals surface area contributed by atoms with Crippen LogP contribution in [0.15, 0.2) is 29.4 Å². The van der Waals surface area contributed by atoms with Crippen LogP contribution in [0.4, 0.5) is 0 Å². The number of nitroso groups, excluding NO2 is 1. The van der Waals surface area contributed by atoms with E-state index in [2.05, 4.69) is 5.18 Å². The third-order valence-corrected chi connectivity index (χ3v) is 1.73. The summed E-state index contributed by atoms with van der Waals surface area (Å²) in [6, 6.07) is 6.49. The van der Waals surface area contributed by atoms with E-state index in [9.17, 15) is 9.70 Å². The van der Waals surface area contributed by atoms with Gasteiger partial charge in [-0.2, -0.15) is 4.91 Å². The highest BCUT2D eigenvalue weighted by atomic mass is 16.3. The number of benzene rings is 1. The van der Waals surface area contributed by atoms with Crippen molar-refractivity contribution in [1.82, 2.24) is 0 Å². The minimum atomic E-state index is -0.452.